The highest BCUT2D eigenvalue weighted by Crippen LogP contribution is 2.38. The molecule has 2 aliphatic rings. The van der Waals surface area contributed by atoms with E-state index in [1.54, 1.807) is 9.80 Å². The highest BCUT2D eigenvalue weighted by molar-refractivity contribution is 5.74. The third kappa shape index (κ3) is 2.82. The van der Waals surface area contributed by atoms with Gasteiger partial charge in [-0.15, -0.1) is 0 Å². The summed E-state index contributed by atoms with van der Waals surface area (Å²) in [4.78, 5) is 17.1. The molecular weight excluding hydrogens is 312 g/mol. The van der Waals surface area contributed by atoms with E-state index in [1.165, 1.54) is 13.0 Å². The number of hydrogen-bond donors (Lipinski definition) is 0. The van der Waals surface area contributed by atoms with E-state index < -0.39 is 11.6 Å². The molecule has 1 amide bonds. The van der Waals surface area contributed by atoms with Gasteiger partial charge >= 0.3 is 0 Å². The Morgan fingerprint density at radius 3 is 2.62 bits per heavy atom. The van der Waals surface area contributed by atoms with Gasteiger partial charge in [0.05, 0.1) is 5.69 Å². The lowest BCUT2D eigenvalue weighted by Crippen LogP contribution is -2.54. The zero-order valence-electron chi connectivity index (χ0n) is 14.6. The summed E-state index contributed by atoms with van der Waals surface area (Å²) in [5, 5.41) is 0. The Bertz CT molecular complexity index is 650. The molecular formula is C18H25F2N3O. The summed E-state index contributed by atoms with van der Waals surface area (Å²) in [5.41, 5.74) is 1.38. The standard InChI is InChI=1S/C18H25F2N3O/c1-4-21-7-5-6-14-10-15(19)18(16(20)17(14)21)22-8-9-23(13(3)24)12(2)11-22/h10,12H,4-9,11H2,1-3H3. The first-order chi connectivity index (χ1) is 11.4. The minimum absolute atomic E-state index is 0.00527. The molecule has 0 N–H and O–H groups in total. The van der Waals surface area contributed by atoms with Crippen molar-refractivity contribution in [3.63, 3.8) is 0 Å². The number of amides is 1. The van der Waals surface area contributed by atoms with Crippen LogP contribution >= 0.6 is 0 Å². The first-order valence-electron chi connectivity index (χ1n) is 8.72. The number of aryl methyl sites for hydroxylation is 1. The van der Waals surface area contributed by atoms with Crippen LogP contribution in [0.4, 0.5) is 20.2 Å². The van der Waals surface area contributed by atoms with Gasteiger partial charge in [0.2, 0.25) is 5.91 Å². The molecule has 2 aliphatic heterocycles. The summed E-state index contributed by atoms with van der Waals surface area (Å²) in [7, 11) is 0. The lowest BCUT2D eigenvalue weighted by atomic mass is 9.99. The van der Waals surface area contributed by atoms with Gasteiger partial charge in [-0.25, -0.2) is 8.78 Å². The van der Waals surface area contributed by atoms with Crippen LogP contribution in [0.2, 0.25) is 0 Å². The van der Waals surface area contributed by atoms with E-state index in [9.17, 15) is 9.18 Å². The largest absolute Gasteiger partial charge is 0.369 e. The number of hydrogen-bond acceptors (Lipinski definition) is 3. The molecule has 24 heavy (non-hydrogen) atoms. The predicted molar refractivity (Wildman–Crippen MR) is 91.6 cm³/mol. The SMILES string of the molecule is CCN1CCCc2cc(F)c(N3CCN(C(C)=O)C(C)C3)c(F)c21. The Morgan fingerprint density at radius 1 is 1.25 bits per heavy atom. The van der Waals surface area contributed by atoms with E-state index >= 15 is 4.39 Å². The second-order valence-electron chi connectivity index (χ2n) is 6.72. The molecule has 132 valence electrons. The molecule has 0 spiro atoms. The van der Waals surface area contributed by atoms with E-state index in [1.807, 2.05) is 18.7 Å². The molecule has 2 heterocycles. The minimum atomic E-state index is -0.493. The molecule has 0 radical (unpaired) electrons. The number of fused-ring (bicyclic) bond motifs is 1. The Hall–Kier alpha value is -1.85. The highest BCUT2D eigenvalue weighted by Gasteiger charge is 2.32. The van der Waals surface area contributed by atoms with E-state index in [2.05, 4.69) is 0 Å². The zero-order chi connectivity index (χ0) is 17.4. The summed E-state index contributed by atoms with van der Waals surface area (Å²) in [6.07, 6.45) is 1.64. The number of carbonyl (C=O) groups excluding carboxylic acids is 1. The van der Waals surface area contributed by atoms with Crippen molar-refractivity contribution in [3.05, 3.63) is 23.3 Å². The fourth-order valence-electron chi connectivity index (χ4n) is 3.99. The fourth-order valence-corrected chi connectivity index (χ4v) is 3.99. The average Bonchev–Trinajstić information content (AvgIpc) is 2.53. The molecule has 1 atom stereocenters. The molecule has 3 rings (SSSR count). The first kappa shape index (κ1) is 17.0. The van der Waals surface area contributed by atoms with E-state index in [-0.39, 0.29) is 17.6 Å². The first-order valence-corrected chi connectivity index (χ1v) is 8.72. The number of anilines is 2. The number of benzene rings is 1. The van der Waals surface area contributed by atoms with Crippen LogP contribution in [-0.2, 0) is 11.2 Å². The van der Waals surface area contributed by atoms with Crippen LogP contribution < -0.4 is 9.80 Å². The van der Waals surface area contributed by atoms with Crippen molar-refractivity contribution in [1.82, 2.24) is 4.90 Å². The molecule has 6 heteroatoms. The second-order valence-corrected chi connectivity index (χ2v) is 6.72. The maximum Gasteiger partial charge on any atom is 0.219 e. The molecule has 1 aromatic rings. The van der Waals surface area contributed by atoms with Gasteiger partial charge in [0.1, 0.15) is 11.5 Å². The predicted octanol–water partition coefficient (Wildman–Crippen LogP) is 2.79. The Kier molecular flexibility index (Phi) is 4.65. The van der Waals surface area contributed by atoms with Gasteiger partial charge in [-0.05, 0) is 38.3 Å². The van der Waals surface area contributed by atoms with Gasteiger partial charge in [0.15, 0.2) is 5.82 Å². The quantitative estimate of drug-likeness (QED) is 0.830. The molecule has 1 fully saturated rings. The summed E-state index contributed by atoms with van der Waals surface area (Å²) in [6, 6.07) is 1.44. The number of carbonyl (C=O) groups is 1. The van der Waals surface area contributed by atoms with Crippen molar-refractivity contribution in [1.29, 1.82) is 0 Å². The summed E-state index contributed by atoms with van der Waals surface area (Å²) in [5.74, 6) is -0.937. The summed E-state index contributed by atoms with van der Waals surface area (Å²) in [6.45, 7) is 8.34. The van der Waals surface area contributed by atoms with Crippen LogP contribution in [0.1, 0.15) is 32.8 Å². The van der Waals surface area contributed by atoms with Gasteiger partial charge in [0.25, 0.3) is 0 Å². The van der Waals surface area contributed by atoms with Crippen LogP contribution in [0.5, 0.6) is 0 Å². The van der Waals surface area contributed by atoms with Gasteiger partial charge in [-0.2, -0.15) is 0 Å². The fraction of sp³-hybridized carbons (Fsp3) is 0.611. The van der Waals surface area contributed by atoms with Gasteiger partial charge in [-0.1, -0.05) is 0 Å². The topological polar surface area (TPSA) is 26.8 Å². The van der Waals surface area contributed by atoms with E-state index in [4.69, 9.17) is 0 Å². The zero-order valence-corrected chi connectivity index (χ0v) is 14.6. The Balaban J connectivity index is 1.96. The van der Waals surface area contributed by atoms with Crippen molar-refractivity contribution < 1.29 is 13.6 Å². The second kappa shape index (κ2) is 6.57. The smallest absolute Gasteiger partial charge is 0.219 e. The summed E-state index contributed by atoms with van der Waals surface area (Å²) >= 11 is 0. The lowest BCUT2D eigenvalue weighted by Gasteiger charge is -2.41. The van der Waals surface area contributed by atoms with Crippen molar-refractivity contribution in [2.24, 2.45) is 0 Å². The molecule has 1 unspecified atom stereocenters. The molecule has 1 saturated heterocycles. The number of rotatable bonds is 2. The van der Waals surface area contributed by atoms with Crippen LogP contribution in [0.25, 0.3) is 0 Å². The Morgan fingerprint density at radius 2 is 2.00 bits per heavy atom. The number of nitrogens with zero attached hydrogens (tertiary/aromatic N) is 3. The average molecular weight is 337 g/mol. The summed E-state index contributed by atoms with van der Waals surface area (Å²) < 4.78 is 29.9. The van der Waals surface area contributed by atoms with Crippen molar-refractivity contribution in [3.8, 4) is 0 Å². The minimum Gasteiger partial charge on any atom is -0.369 e. The third-order valence-corrected chi connectivity index (χ3v) is 5.17. The maximum atomic E-state index is 15.2. The number of piperazine rings is 1. The number of halogens is 2. The highest BCUT2D eigenvalue weighted by atomic mass is 19.1. The van der Waals surface area contributed by atoms with Gasteiger partial charge in [-0.3, -0.25) is 4.79 Å². The van der Waals surface area contributed by atoms with Crippen LogP contribution in [0, 0.1) is 11.6 Å². The van der Waals surface area contributed by atoms with Crippen molar-refractivity contribution in [2.75, 3.05) is 42.5 Å². The third-order valence-electron chi connectivity index (χ3n) is 5.17. The van der Waals surface area contributed by atoms with Crippen LogP contribution in [-0.4, -0.2) is 49.6 Å². The molecule has 0 bridgehead atoms. The van der Waals surface area contributed by atoms with Crippen LogP contribution in [0.3, 0.4) is 0 Å². The normalized spacial score (nSPS) is 21.0. The molecule has 1 aromatic carbocycles. The van der Waals surface area contributed by atoms with E-state index in [0.717, 1.165) is 18.5 Å². The molecule has 4 nitrogen and oxygen atoms in total. The van der Waals surface area contributed by atoms with Crippen molar-refractivity contribution in [2.45, 2.75) is 39.7 Å². The van der Waals surface area contributed by atoms with Gasteiger partial charge < -0.3 is 14.7 Å². The maximum absolute atomic E-state index is 15.2. The molecule has 0 aliphatic carbocycles. The van der Waals surface area contributed by atoms with Crippen molar-refractivity contribution >= 4 is 17.3 Å². The Labute approximate surface area is 142 Å². The lowest BCUT2D eigenvalue weighted by molar-refractivity contribution is -0.131. The molecule has 0 aromatic heterocycles. The molecule has 0 saturated carbocycles. The van der Waals surface area contributed by atoms with E-state index in [0.29, 0.717) is 38.3 Å². The van der Waals surface area contributed by atoms with Crippen LogP contribution in [0.15, 0.2) is 6.07 Å². The van der Waals surface area contributed by atoms with Gasteiger partial charge in [0, 0.05) is 45.7 Å². The monoisotopic (exact) mass is 337 g/mol.